The van der Waals surface area contributed by atoms with Crippen LogP contribution in [-0.2, 0) is 6.18 Å². The molecule has 2 fully saturated rings. The van der Waals surface area contributed by atoms with Gasteiger partial charge in [-0.3, -0.25) is 4.90 Å². The number of anilines is 1. The Hall–Kier alpha value is -2.29. The van der Waals surface area contributed by atoms with Crippen molar-refractivity contribution in [1.29, 1.82) is 0 Å². The molecule has 3 N–H and O–H groups in total. The first kappa shape index (κ1) is 21.9. The number of aliphatic hydroxyl groups excluding tert-OH is 1. The van der Waals surface area contributed by atoms with Crippen molar-refractivity contribution in [2.45, 2.75) is 31.3 Å². The molecule has 2 aliphatic rings. The van der Waals surface area contributed by atoms with Gasteiger partial charge in [0.15, 0.2) is 6.35 Å². The lowest BCUT2D eigenvalue weighted by Gasteiger charge is -2.27. The number of halogens is 4. The molecular weight excluding hydrogens is 433 g/mol. The molecule has 2 aromatic rings. The van der Waals surface area contributed by atoms with Crippen molar-refractivity contribution >= 4 is 23.3 Å². The van der Waals surface area contributed by atoms with Gasteiger partial charge in [0.2, 0.25) is 0 Å². The second kappa shape index (κ2) is 8.33. The number of fused-ring (bicyclic) bond motifs is 1. The third kappa shape index (κ3) is 4.51. The van der Waals surface area contributed by atoms with E-state index >= 15 is 0 Å². The standard InChI is InChI=1S/C22H22ClF3N2O3/c23-15-5-6-19(17(9-15)20(29)30)27-21(31)28-10-13-7-12(8-14(13)11-28)16-3-1-2-4-18(16)22(24,25)26/h1-6,9,12-14,21,27,31H,7-8,10-11H2,(H,29,30)/t12-,13-,14+,21?. The fourth-order valence-electron chi connectivity index (χ4n) is 4.95. The zero-order valence-corrected chi connectivity index (χ0v) is 17.2. The van der Waals surface area contributed by atoms with Gasteiger partial charge >= 0.3 is 12.1 Å². The summed E-state index contributed by atoms with van der Waals surface area (Å²) in [6.07, 6.45) is -4.23. The van der Waals surface area contributed by atoms with E-state index in [2.05, 4.69) is 5.32 Å². The highest BCUT2D eigenvalue weighted by atomic mass is 35.5. The molecule has 1 saturated heterocycles. The van der Waals surface area contributed by atoms with Gasteiger partial charge in [0.1, 0.15) is 0 Å². The number of aromatic carboxylic acids is 1. The largest absolute Gasteiger partial charge is 0.478 e. The van der Waals surface area contributed by atoms with Crippen LogP contribution in [0.2, 0.25) is 5.02 Å². The van der Waals surface area contributed by atoms with E-state index in [1.807, 2.05) is 0 Å². The van der Waals surface area contributed by atoms with E-state index in [0.29, 0.717) is 31.5 Å². The number of hydrogen-bond donors (Lipinski definition) is 3. The molecule has 1 saturated carbocycles. The molecule has 0 radical (unpaired) electrons. The first-order valence-electron chi connectivity index (χ1n) is 10.0. The molecule has 0 amide bonds. The van der Waals surface area contributed by atoms with E-state index in [1.165, 1.54) is 24.3 Å². The Morgan fingerprint density at radius 2 is 1.77 bits per heavy atom. The second-order valence-corrected chi connectivity index (χ2v) is 8.68. The Kier molecular flexibility index (Phi) is 5.89. The van der Waals surface area contributed by atoms with Crippen LogP contribution in [0.5, 0.6) is 0 Å². The lowest BCUT2D eigenvalue weighted by Crippen LogP contribution is -2.40. The number of rotatable bonds is 5. The topological polar surface area (TPSA) is 72.8 Å². The number of likely N-dealkylation sites (tertiary alicyclic amines) is 1. The van der Waals surface area contributed by atoms with Crippen LogP contribution in [-0.4, -0.2) is 40.5 Å². The Labute approximate surface area is 182 Å². The summed E-state index contributed by atoms with van der Waals surface area (Å²) in [6.45, 7) is 1.05. The minimum Gasteiger partial charge on any atom is -0.478 e. The van der Waals surface area contributed by atoms with Crippen molar-refractivity contribution in [2.75, 3.05) is 18.4 Å². The summed E-state index contributed by atoms with van der Waals surface area (Å²) in [5.41, 5.74) is -0.0161. The van der Waals surface area contributed by atoms with Crippen molar-refractivity contribution in [3.05, 3.63) is 64.2 Å². The molecule has 1 aliphatic heterocycles. The highest BCUT2D eigenvalue weighted by Gasteiger charge is 2.45. The zero-order chi connectivity index (χ0) is 22.3. The van der Waals surface area contributed by atoms with Crippen LogP contribution in [0.3, 0.4) is 0 Å². The molecule has 1 aliphatic carbocycles. The van der Waals surface area contributed by atoms with Crippen LogP contribution in [0, 0.1) is 11.8 Å². The Balaban J connectivity index is 1.42. The molecule has 0 spiro atoms. The van der Waals surface area contributed by atoms with E-state index in [4.69, 9.17) is 11.6 Å². The molecule has 4 rings (SSSR count). The fraction of sp³-hybridized carbons (Fsp3) is 0.409. The maximum Gasteiger partial charge on any atom is 0.416 e. The Morgan fingerprint density at radius 3 is 2.39 bits per heavy atom. The van der Waals surface area contributed by atoms with E-state index in [-0.39, 0.29) is 34.0 Å². The first-order valence-corrected chi connectivity index (χ1v) is 10.4. The van der Waals surface area contributed by atoms with Gasteiger partial charge < -0.3 is 15.5 Å². The fourth-order valence-corrected chi connectivity index (χ4v) is 5.12. The van der Waals surface area contributed by atoms with E-state index in [9.17, 15) is 28.2 Å². The van der Waals surface area contributed by atoms with Crippen molar-refractivity contribution in [3.8, 4) is 0 Å². The molecule has 2 aromatic carbocycles. The molecule has 0 aromatic heterocycles. The molecule has 31 heavy (non-hydrogen) atoms. The van der Waals surface area contributed by atoms with Gasteiger partial charge in [0.05, 0.1) is 16.8 Å². The summed E-state index contributed by atoms with van der Waals surface area (Å²) in [6, 6.07) is 10.1. The summed E-state index contributed by atoms with van der Waals surface area (Å²) in [4.78, 5) is 13.2. The molecule has 9 heteroatoms. The van der Waals surface area contributed by atoms with Crippen molar-refractivity contribution < 1.29 is 28.2 Å². The molecule has 1 heterocycles. The highest BCUT2D eigenvalue weighted by Crippen LogP contribution is 2.49. The van der Waals surface area contributed by atoms with Gasteiger partial charge in [-0.1, -0.05) is 29.8 Å². The number of benzene rings is 2. The number of alkyl halides is 3. The number of carboxylic acid groups (broad SMARTS) is 1. The van der Waals surface area contributed by atoms with Crippen LogP contribution in [0.25, 0.3) is 0 Å². The van der Waals surface area contributed by atoms with Crippen molar-refractivity contribution in [1.82, 2.24) is 4.90 Å². The SMILES string of the molecule is O=C(O)c1cc(Cl)ccc1NC(O)N1C[C@H]2C[C@@H](c3ccccc3C(F)(F)F)C[C@H]2C1. The quantitative estimate of drug-likeness (QED) is 0.562. The molecular formula is C22H22ClF3N2O3. The number of carboxylic acids is 1. The van der Waals surface area contributed by atoms with Crippen LogP contribution >= 0.6 is 11.6 Å². The Morgan fingerprint density at radius 1 is 1.13 bits per heavy atom. The van der Waals surface area contributed by atoms with E-state index in [1.54, 1.807) is 17.0 Å². The summed E-state index contributed by atoms with van der Waals surface area (Å²) < 4.78 is 40.1. The van der Waals surface area contributed by atoms with Gasteiger partial charge in [-0.25, -0.2) is 4.79 Å². The second-order valence-electron chi connectivity index (χ2n) is 8.24. The van der Waals surface area contributed by atoms with Crippen molar-refractivity contribution in [2.24, 2.45) is 11.8 Å². The average molecular weight is 455 g/mol. The van der Waals surface area contributed by atoms with Gasteiger partial charge in [0, 0.05) is 18.1 Å². The number of nitrogens with one attached hydrogen (secondary N) is 1. The monoisotopic (exact) mass is 454 g/mol. The lowest BCUT2D eigenvalue weighted by molar-refractivity contribution is -0.138. The van der Waals surface area contributed by atoms with Gasteiger partial charge in [-0.15, -0.1) is 0 Å². The normalized spacial score (nSPS) is 24.7. The number of carbonyl (C=O) groups is 1. The smallest absolute Gasteiger partial charge is 0.416 e. The Bertz CT molecular complexity index is 971. The summed E-state index contributed by atoms with van der Waals surface area (Å²) in [5, 5.41) is 23.0. The maximum atomic E-state index is 13.4. The summed E-state index contributed by atoms with van der Waals surface area (Å²) in [7, 11) is 0. The number of hydrogen-bond acceptors (Lipinski definition) is 4. The van der Waals surface area contributed by atoms with E-state index in [0.717, 1.165) is 6.07 Å². The number of aliphatic hydroxyl groups is 1. The third-order valence-electron chi connectivity index (χ3n) is 6.33. The predicted molar refractivity (Wildman–Crippen MR) is 110 cm³/mol. The van der Waals surface area contributed by atoms with Crippen LogP contribution in [0.15, 0.2) is 42.5 Å². The van der Waals surface area contributed by atoms with Gasteiger partial charge in [0.25, 0.3) is 0 Å². The molecule has 0 bridgehead atoms. The molecule has 166 valence electrons. The van der Waals surface area contributed by atoms with Crippen LogP contribution < -0.4 is 5.32 Å². The van der Waals surface area contributed by atoms with E-state index < -0.39 is 24.1 Å². The summed E-state index contributed by atoms with van der Waals surface area (Å²) >= 11 is 5.86. The average Bonchev–Trinajstić information content (AvgIpc) is 3.28. The third-order valence-corrected chi connectivity index (χ3v) is 6.56. The van der Waals surface area contributed by atoms with Crippen LogP contribution in [0.4, 0.5) is 18.9 Å². The molecule has 4 atom stereocenters. The maximum absolute atomic E-state index is 13.4. The molecule has 1 unspecified atom stereocenters. The first-order chi connectivity index (χ1) is 14.6. The predicted octanol–water partition coefficient (Wildman–Crippen LogP) is 4.87. The summed E-state index contributed by atoms with van der Waals surface area (Å²) in [5.74, 6) is -0.976. The minimum atomic E-state index is -4.37. The highest BCUT2D eigenvalue weighted by molar-refractivity contribution is 6.31. The molecule has 5 nitrogen and oxygen atoms in total. The lowest BCUT2D eigenvalue weighted by atomic mass is 9.91. The van der Waals surface area contributed by atoms with Crippen molar-refractivity contribution in [3.63, 3.8) is 0 Å². The van der Waals surface area contributed by atoms with Gasteiger partial charge in [-0.05, 0) is 60.4 Å². The zero-order valence-electron chi connectivity index (χ0n) is 16.4. The minimum absolute atomic E-state index is 0.0465. The van der Waals surface area contributed by atoms with Gasteiger partial charge in [-0.2, -0.15) is 13.2 Å². The number of nitrogens with zero attached hydrogens (tertiary/aromatic N) is 1. The van der Waals surface area contributed by atoms with Crippen LogP contribution in [0.1, 0.15) is 40.2 Å².